The highest BCUT2D eigenvalue weighted by Gasteiger charge is 2.29. The Morgan fingerprint density at radius 1 is 1.25 bits per heavy atom. The summed E-state index contributed by atoms with van der Waals surface area (Å²) in [6.07, 6.45) is 0. The molecule has 128 valence electrons. The smallest absolute Gasteiger partial charge is 0.264 e. The van der Waals surface area contributed by atoms with E-state index >= 15 is 0 Å². The van der Waals surface area contributed by atoms with E-state index in [0.717, 1.165) is 16.4 Å². The highest BCUT2D eigenvalue weighted by Crippen LogP contribution is 2.31. The van der Waals surface area contributed by atoms with Crippen LogP contribution < -0.4 is 4.31 Å². The number of nitro groups is 1. The molecule has 0 amide bonds. The van der Waals surface area contributed by atoms with Crippen molar-refractivity contribution in [2.75, 3.05) is 10.8 Å². The number of hydrogen-bond acceptors (Lipinski definition) is 4. The van der Waals surface area contributed by atoms with Crippen molar-refractivity contribution >= 4 is 37.3 Å². The molecule has 0 fully saturated rings. The van der Waals surface area contributed by atoms with Crippen molar-refractivity contribution in [3.05, 3.63) is 62.4 Å². The summed E-state index contributed by atoms with van der Waals surface area (Å²) in [6.45, 7) is 3.07. The summed E-state index contributed by atoms with van der Waals surface area (Å²) in [5.74, 6) is -0.710. The van der Waals surface area contributed by atoms with E-state index in [-0.39, 0.29) is 22.8 Å². The quantitative estimate of drug-likeness (QED) is 0.544. The molecule has 2 aromatic rings. The van der Waals surface area contributed by atoms with Crippen molar-refractivity contribution in [2.45, 2.75) is 18.7 Å². The predicted octanol–water partition coefficient (Wildman–Crippen LogP) is 4.02. The van der Waals surface area contributed by atoms with E-state index in [0.29, 0.717) is 10.0 Å². The van der Waals surface area contributed by atoms with Crippen molar-refractivity contribution in [1.82, 2.24) is 0 Å². The van der Waals surface area contributed by atoms with Gasteiger partial charge in [0.2, 0.25) is 0 Å². The minimum Gasteiger partial charge on any atom is -0.264 e. The molecule has 0 heterocycles. The molecular weight excluding hydrogens is 403 g/mol. The van der Waals surface area contributed by atoms with Crippen molar-refractivity contribution in [1.29, 1.82) is 0 Å². The average molecular weight is 417 g/mol. The molecule has 2 rings (SSSR count). The van der Waals surface area contributed by atoms with Gasteiger partial charge in [0.15, 0.2) is 0 Å². The molecule has 0 saturated carbocycles. The Balaban J connectivity index is 2.63. The van der Waals surface area contributed by atoms with Gasteiger partial charge in [0, 0.05) is 23.2 Å². The van der Waals surface area contributed by atoms with Crippen LogP contribution >= 0.6 is 15.9 Å². The van der Waals surface area contributed by atoms with Gasteiger partial charge < -0.3 is 0 Å². The molecule has 0 atom stereocenters. The monoisotopic (exact) mass is 416 g/mol. The summed E-state index contributed by atoms with van der Waals surface area (Å²) in [5.41, 5.74) is -0.116. The van der Waals surface area contributed by atoms with Gasteiger partial charge in [0.25, 0.3) is 15.7 Å². The molecule has 0 radical (unpaired) electrons. The lowest BCUT2D eigenvalue weighted by molar-refractivity contribution is -0.385. The molecule has 0 aromatic heterocycles. The van der Waals surface area contributed by atoms with Gasteiger partial charge in [-0.25, -0.2) is 12.8 Å². The normalized spacial score (nSPS) is 11.3. The average Bonchev–Trinajstić information content (AvgIpc) is 2.50. The number of benzene rings is 2. The molecule has 0 aliphatic heterocycles. The lowest BCUT2D eigenvalue weighted by atomic mass is 10.2. The van der Waals surface area contributed by atoms with Gasteiger partial charge in [0.1, 0.15) is 5.82 Å². The summed E-state index contributed by atoms with van der Waals surface area (Å²) in [7, 11) is -4.15. The van der Waals surface area contributed by atoms with E-state index in [1.54, 1.807) is 6.92 Å². The van der Waals surface area contributed by atoms with Gasteiger partial charge in [-0.05, 0) is 37.6 Å². The van der Waals surface area contributed by atoms with Crippen LogP contribution in [0.4, 0.5) is 15.8 Å². The maximum Gasteiger partial charge on any atom is 0.270 e. The van der Waals surface area contributed by atoms with Crippen LogP contribution in [0.1, 0.15) is 12.5 Å². The van der Waals surface area contributed by atoms with E-state index in [1.165, 1.54) is 31.2 Å². The molecule has 0 N–H and O–H groups in total. The Kier molecular flexibility index (Phi) is 5.24. The zero-order chi connectivity index (χ0) is 18.1. The number of hydrogen-bond donors (Lipinski definition) is 0. The van der Waals surface area contributed by atoms with E-state index in [1.807, 2.05) is 0 Å². The Bertz CT molecular complexity index is 902. The molecular formula is C15H14BrFN2O4S. The van der Waals surface area contributed by atoms with Crippen LogP contribution in [-0.2, 0) is 10.0 Å². The predicted molar refractivity (Wildman–Crippen MR) is 92.1 cm³/mol. The first-order valence-corrected chi connectivity index (χ1v) is 9.14. The SMILES string of the molecule is CCN(c1ccc(Br)cc1F)S(=O)(=O)c1cc([N+](=O)[O-])ccc1C. The Labute approximate surface area is 147 Å². The summed E-state index contributed by atoms with van der Waals surface area (Å²) < 4.78 is 41.4. The van der Waals surface area contributed by atoms with Crippen LogP contribution in [0.3, 0.4) is 0 Å². The van der Waals surface area contributed by atoms with E-state index in [2.05, 4.69) is 15.9 Å². The number of aryl methyl sites for hydroxylation is 1. The van der Waals surface area contributed by atoms with E-state index < -0.39 is 20.8 Å². The molecule has 0 saturated heterocycles. The molecule has 0 aliphatic rings. The van der Waals surface area contributed by atoms with Gasteiger partial charge in [-0.2, -0.15) is 0 Å². The van der Waals surface area contributed by atoms with Crippen molar-refractivity contribution < 1.29 is 17.7 Å². The minimum atomic E-state index is -4.15. The first-order valence-electron chi connectivity index (χ1n) is 6.91. The molecule has 6 nitrogen and oxygen atoms in total. The standard InChI is InChI=1S/C15H14BrFN2O4S/c1-3-18(14-7-5-11(16)8-13(14)17)24(22,23)15-9-12(19(20)21)6-4-10(15)2/h4-9H,3H2,1-2H3. The fourth-order valence-corrected chi connectivity index (χ4v) is 4.31. The summed E-state index contributed by atoms with van der Waals surface area (Å²) in [6, 6.07) is 7.60. The number of nitrogens with zero attached hydrogens (tertiary/aromatic N) is 2. The third-order valence-corrected chi connectivity index (χ3v) is 5.94. The zero-order valence-electron chi connectivity index (χ0n) is 12.9. The van der Waals surface area contributed by atoms with Crippen LogP contribution in [0.15, 0.2) is 45.8 Å². The minimum absolute atomic E-state index is 0.0248. The molecule has 0 spiro atoms. The van der Waals surface area contributed by atoms with Crippen molar-refractivity contribution in [2.24, 2.45) is 0 Å². The Morgan fingerprint density at radius 2 is 1.92 bits per heavy atom. The molecule has 24 heavy (non-hydrogen) atoms. The summed E-state index contributed by atoms with van der Waals surface area (Å²) >= 11 is 3.12. The number of anilines is 1. The number of halogens is 2. The zero-order valence-corrected chi connectivity index (χ0v) is 15.3. The molecule has 0 unspecified atom stereocenters. The van der Waals surface area contributed by atoms with Crippen LogP contribution in [0, 0.1) is 22.9 Å². The molecule has 0 aliphatic carbocycles. The van der Waals surface area contributed by atoms with Crippen molar-refractivity contribution in [3.63, 3.8) is 0 Å². The number of sulfonamides is 1. The third-order valence-electron chi connectivity index (χ3n) is 3.42. The van der Waals surface area contributed by atoms with Crippen LogP contribution in [0.2, 0.25) is 0 Å². The van der Waals surface area contributed by atoms with Gasteiger partial charge in [-0.15, -0.1) is 0 Å². The lowest BCUT2D eigenvalue weighted by Crippen LogP contribution is -2.32. The summed E-state index contributed by atoms with van der Waals surface area (Å²) in [4.78, 5) is 10.0. The van der Waals surface area contributed by atoms with Gasteiger partial charge in [-0.1, -0.05) is 22.0 Å². The largest absolute Gasteiger partial charge is 0.270 e. The van der Waals surface area contributed by atoms with Crippen LogP contribution in [0.25, 0.3) is 0 Å². The number of nitro benzene ring substituents is 1. The molecule has 2 aromatic carbocycles. The fourth-order valence-electron chi connectivity index (χ4n) is 2.25. The van der Waals surface area contributed by atoms with E-state index in [4.69, 9.17) is 0 Å². The highest BCUT2D eigenvalue weighted by molar-refractivity contribution is 9.10. The van der Waals surface area contributed by atoms with Crippen LogP contribution in [0.5, 0.6) is 0 Å². The Morgan fingerprint density at radius 3 is 2.46 bits per heavy atom. The fraction of sp³-hybridized carbons (Fsp3) is 0.200. The first kappa shape index (κ1) is 18.3. The van der Waals surface area contributed by atoms with E-state index in [9.17, 15) is 22.9 Å². The summed E-state index contributed by atoms with van der Waals surface area (Å²) in [5, 5.41) is 10.9. The van der Waals surface area contributed by atoms with Gasteiger partial charge >= 0.3 is 0 Å². The maximum atomic E-state index is 14.2. The maximum absolute atomic E-state index is 14.2. The Hall–Kier alpha value is -2.00. The lowest BCUT2D eigenvalue weighted by Gasteiger charge is -2.24. The number of rotatable bonds is 5. The second-order valence-corrected chi connectivity index (χ2v) is 7.72. The molecule has 9 heteroatoms. The molecule has 0 bridgehead atoms. The highest BCUT2D eigenvalue weighted by atomic mass is 79.9. The third kappa shape index (κ3) is 3.41. The topological polar surface area (TPSA) is 80.5 Å². The van der Waals surface area contributed by atoms with Gasteiger partial charge in [-0.3, -0.25) is 14.4 Å². The first-order chi connectivity index (χ1) is 11.2. The number of non-ortho nitro benzene ring substituents is 1. The van der Waals surface area contributed by atoms with Crippen LogP contribution in [-0.4, -0.2) is 19.9 Å². The van der Waals surface area contributed by atoms with Crippen molar-refractivity contribution in [3.8, 4) is 0 Å². The van der Waals surface area contributed by atoms with Gasteiger partial charge in [0.05, 0.1) is 15.5 Å². The second-order valence-electron chi connectivity index (χ2n) is 4.97. The second kappa shape index (κ2) is 6.86.